The normalized spacial score (nSPS) is 13.9. The van der Waals surface area contributed by atoms with E-state index in [4.69, 9.17) is 0 Å². The molecule has 9 heteroatoms. The summed E-state index contributed by atoms with van der Waals surface area (Å²) < 4.78 is 4.37. The van der Waals surface area contributed by atoms with Gasteiger partial charge < -0.3 is 15.0 Å². The van der Waals surface area contributed by atoms with Crippen molar-refractivity contribution in [2.24, 2.45) is 5.92 Å². The van der Waals surface area contributed by atoms with Crippen molar-refractivity contribution in [3.8, 4) is 0 Å². The molecule has 0 rings (SSSR count). The molecule has 0 aromatic heterocycles. The average molecular weight is 403 g/mol. The molecule has 0 aliphatic heterocycles. The number of Topliss-reactive ketones (excluding diaryl/α,β-unsaturated/α-hetero) is 1. The molecule has 0 saturated carbocycles. The Morgan fingerprint density at radius 1 is 1.04 bits per heavy atom. The Kier molecular flexibility index (Phi) is 11.6. The topological polar surface area (TPSA) is 110 Å². The van der Waals surface area contributed by atoms with Crippen LogP contribution in [-0.4, -0.2) is 65.1 Å². The number of nitrogens with zero attached hydrogens (tertiary/aromatic N) is 1. The van der Waals surface area contributed by atoms with Crippen molar-refractivity contribution >= 4 is 40.4 Å². The van der Waals surface area contributed by atoms with Gasteiger partial charge in [-0.05, 0) is 20.3 Å². The number of esters is 1. The maximum absolute atomic E-state index is 12.8. The standard InChI is InChI=1S/C18H30N2O6S/c1-7-11(4)16(23)19-15(17(24)20(8-2)9-3)12(5)27-18(25)13(21)10-14(22)26-6/h11-12,15H,7-10H2,1-6H3,(H,19,23). The second-order valence-electron chi connectivity index (χ2n) is 6.09. The number of ether oxygens (including phenoxy) is 1. The van der Waals surface area contributed by atoms with Gasteiger partial charge in [-0.1, -0.05) is 32.5 Å². The van der Waals surface area contributed by atoms with E-state index in [1.165, 1.54) is 0 Å². The van der Waals surface area contributed by atoms with Gasteiger partial charge in [0.25, 0.3) is 5.12 Å². The number of methoxy groups -OCH3 is 1. The summed E-state index contributed by atoms with van der Waals surface area (Å²) >= 11 is 0.638. The van der Waals surface area contributed by atoms with E-state index in [2.05, 4.69) is 10.1 Å². The third kappa shape index (κ3) is 8.11. The average Bonchev–Trinajstić information content (AvgIpc) is 2.65. The molecule has 0 saturated heterocycles. The molecule has 3 unspecified atom stereocenters. The van der Waals surface area contributed by atoms with Gasteiger partial charge in [-0.25, -0.2) is 0 Å². The maximum Gasteiger partial charge on any atom is 0.313 e. The monoisotopic (exact) mass is 402 g/mol. The maximum atomic E-state index is 12.8. The van der Waals surface area contributed by atoms with Gasteiger partial charge in [0, 0.05) is 24.3 Å². The first-order valence-electron chi connectivity index (χ1n) is 9.02. The van der Waals surface area contributed by atoms with Crippen LogP contribution in [0.15, 0.2) is 0 Å². The molecule has 0 radical (unpaired) electrons. The molecule has 27 heavy (non-hydrogen) atoms. The molecule has 8 nitrogen and oxygen atoms in total. The Morgan fingerprint density at radius 2 is 1.59 bits per heavy atom. The molecule has 0 spiro atoms. The van der Waals surface area contributed by atoms with Crippen molar-refractivity contribution in [1.82, 2.24) is 10.2 Å². The fourth-order valence-electron chi connectivity index (χ4n) is 2.17. The number of hydrogen-bond donors (Lipinski definition) is 1. The molecule has 1 N–H and O–H groups in total. The van der Waals surface area contributed by atoms with E-state index in [0.29, 0.717) is 31.3 Å². The Balaban J connectivity index is 5.31. The van der Waals surface area contributed by atoms with E-state index in [-0.39, 0.29) is 17.7 Å². The van der Waals surface area contributed by atoms with Crippen LogP contribution in [0, 0.1) is 5.92 Å². The van der Waals surface area contributed by atoms with Crippen molar-refractivity contribution in [2.45, 2.75) is 58.8 Å². The van der Waals surface area contributed by atoms with Crippen LogP contribution in [0.5, 0.6) is 0 Å². The molecular formula is C18H30N2O6S. The number of carbonyl (C=O) groups excluding carboxylic acids is 5. The van der Waals surface area contributed by atoms with Crippen molar-refractivity contribution in [3.05, 3.63) is 0 Å². The van der Waals surface area contributed by atoms with Crippen molar-refractivity contribution in [1.29, 1.82) is 0 Å². The van der Waals surface area contributed by atoms with Gasteiger partial charge in [0.2, 0.25) is 17.6 Å². The van der Waals surface area contributed by atoms with Gasteiger partial charge >= 0.3 is 5.97 Å². The van der Waals surface area contributed by atoms with Crippen LogP contribution in [0.1, 0.15) is 47.5 Å². The van der Waals surface area contributed by atoms with Gasteiger partial charge in [-0.2, -0.15) is 0 Å². The first-order valence-corrected chi connectivity index (χ1v) is 9.90. The summed E-state index contributed by atoms with van der Waals surface area (Å²) in [5.74, 6) is -2.59. The van der Waals surface area contributed by atoms with Crippen LogP contribution in [0.25, 0.3) is 0 Å². The Morgan fingerprint density at radius 3 is 2.04 bits per heavy atom. The van der Waals surface area contributed by atoms with Crippen molar-refractivity contribution < 1.29 is 28.7 Å². The zero-order chi connectivity index (χ0) is 21.1. The number of rotatable bonds is 11. The number of thioether (sulfide) groups is 1. The van der Waals surface area contributed by atoms with E-state index >= 15 is 0 Å². The number of likely N-dealkylation sites (N-methyl/N-ethyl adjacent to an activating group) is 1. The first-order chi connectivity index (χ1) is 12.6. The largest absolute Gasteiger partial charge is 0.469 e. The van der Waals surface area contributed by atoms with Gasteiger partial charge in [0.1, 0.15) is 12.5 Å². The van der Waals surface area contributed by atoms with Gasteiger partial charge in [-0.3, -0.25) is 24.0 Å². The fraction of sp³-hybridized carbons (Fsp3) is 0.722. The highest BCUT2D eigenvalue weighted by molar-refractivity contribution is 8.16. The highest BCUT2D eigenvalue weighted by Gasteiger charge is 2.34. The van der Waals surface area contributed by atoms with Crippen molar-refractivity contribution in [2.75, 3.05) is 20.2 Å². The minimum Gasteiger partial charge on any atom is -0.469 e. The van der Waals surface area contributed by atoms with Crippen LogP contribution in [0.2, 0.25) is 0 Å². The molecule has 0 bridgehead atoms. The lowest BCUT2D eigenvalue weighted by Crippen LogP contribution is -2.54. The lowest BCUT2D eigenvalue weighted by atomic mass is 10.1. The summed E-state index contributed by atoms with van der Waals surface area (Å²) in [4.78, 5) is 61.7. The van der Waals surface area contributed by atoms with Crippen LogP contribution < -0.4 is 5.32 Å². The number of nitrogens with one attached hydrogen (secondary N) is 1. The zero-order valence-electron chi connectivity index (χ0n) is 16.9. The predicted octanol–water partition coefficient (Wildman–Crippen LogP) is 1.17. The summed E-state index contributed by atoms with van der Waals surface area (Å²) in [7, 11) is 1.12. The molecule has 0 aliphatic carbocycles. The number of ketones is 1. The van der Waals surface area contributed by atoms with Gasteiger partial charge in [-0.15, -0.1) is 0 Å². The molecule has 0 aromatic carbocycles. The number of amides is 2. The third-order valence-corrected chi connectivity index (χ3v) is 5.31. The molecule has 0 fully saturated rings. The van der Waals surface area contributed by atoms with Crippen LogP contribution in [0.4, 0.5) is 0 Å². The minimum absolute atomic E-state index is 0.286. The number of hydrogen-bond acceptors (Lipinski definition) is 7. The Hall–Kier alpha value is -1.90. The van der Waals surface area contributed by atoms with E-state index in [1.807, 2.05) is 20.8 Å². The summed E-state index contributed by atoms with van der Waals surface area (Å²) in [6.07, 6.45) is -0.0426. The second kappa shape index (κ2) is 12.5. The molecule has 0 heterocycles. The summed E-state index contributed by atoms with van der Waals surface area (Å²) in [6.45, 7) is 9.75. The lowest BCUT2D eigenvalue weighted by Gasteiger charge is -2.29. The Bertz CT molecular complexity index is 562. The molecule has 0 aliphatic rings. The molecule has 3 atom stereocenters. The van der Waals surface area contributed by atoms with Crippen LogP contribution in [0.3, 0.4) is 0 Å². The summed E-state index contributed by atoms with van der Waals surface area (Å²) in [5.41, 5.74) is 0. The minimum atomic E-state index is -0.953. The van der Waals surface area contributed by atoms with Crippen LogP contribution in [-0.2, 0) is 28.7 Å². The van der Waals surface area contributed by atoms with E-state index in [0.717, 1.165) is 7.11 Å². The number of carbonyl (C=O) groups is 5. The van der Waals surface area contributed by atoms with E-state index in [1.54, 1.807) is 18.7 Å². The van der Waals surface area contributed by atoms with E-state index < -0.39 is 34.6 Å². The third-order valence-electron chi connectivity index (χ3n) is 4.22. The first kappa shape index (κ1) is 25.1. The SMILES string of the molecule is CCC(C)C(=O)NC(C(=O)N(CC)CC)C(C)SC(=O)C(=O)CC(=O)OC. The predicted molar refractivity (Wildman–Crippen MR) is 103 cm³/mol. The molecule has 2 amide bonds. The highest BCUT2D eigenvalue weighted by atomic mass is 32.2. The molecular weight excluding hydrogens is 372 g/mol. The van der Waals surface area contributed by atoms with Gasteiger partial charge in [0.15, 0.2) is 0 Å². The Labute approximate surface area is 164 Å². The van der Waals surface area contributed by atoms with Gasteiger partial charge in [0.05, 0.1) is 7.11 Å². The molecule has 0 aromatic rings. The smallest absolute Gasteiger partial charge is 0.313 e. The van der Waals surface area contributed by atoms with E-state index in [9.17, 15) is 24.0 Å². The second-order valence-corrected chi connectivity index (χ2v) is 7.44. The summed E-state index contributed by atoms with van der Waals surface area (Å²) in [5, 5.41) is 1.18. The summed E-state index contributed by atoms with van der Waals surface area (Å²) in [6, 6.07) is -0.953. The lowest BCUT2D eigenvalue weighted by molar-refractivity contribution is -0.145. The van der Waals surface area contributed by atoms with Crippen LogP contribution >= 0.6 is 11.8 Å². The molecule has 154 valence electrons. The zero-order valence-corrected chi connectivity index (χ0v) is 17.7. The fourth-order valence-corrected chi connectivity index (χ4v) is 3.03. The quantitative estimate of drug-likeness (QED) is 0.314. The van der Waals surface area contributed by atoms with Crippen molar-refractivity contribution in [3.63, 3.8) is 0 Å². The highest BCUT2D eigenvalue weighted by Crippen LogP contribution is 2.19.